The molecule has 1 aromatic heterocycles. The van der Waals surface area contributed by atoms with Gasteiger partial charge in [0, 0.05) is 11.1 Å². The molecule has 10 heteroatoms. The zero-order chi connectivity index (χ0) is 21.7. The molecule has 2 aromatic carbocycles. The Morgan fingerprint density at radius 2 is 1.93 bits per heavy atom. The van der Waals surface area contributed by atoms with E-state index in [1.165, 1.54) is 19.2 Å². The van der Waals surface area contributed by atoms with Crippen LogP contribution < -0.4 is 9.47 Å². The fourth-order valence-electron chi connectivity index (χ4n) is 2.74. The number of nitrogens with zero attached hydrogens (tertiary/aromatic N) is 2. The first-order valence-electron chi connectivity index (χ1n) is 8.88. The standard InChI is InChI=1S/C20H18F3N3O4/c1-3-29-19(27)18-17(24-26-25-18)12-7-8-16(28-2)13(9-12)11-30-15-6-4-5-14(10-15)20(21,22)23/h4-10H,3,11H2,1-2H3,(H,24,25,26). The number of hydrogen-bond acceptors (Lipinski definition) is 6. The van der Waals surface area contributed by atoms with Crippen molar-refractivity contribution in [3.63, 3.8) is 0 Å². The molecular formula is C20H18F3N3O4. The fourth-order valence-corrected chi connectivity index (χ4v) is 2.74. The maximum atomic E-state index is 12.9. The average molecular weight is 421 g/mol. The van der Waals surface area contributed by atoms with Crippen LogP contribution in [-0.4, -0.2) is 35.1 Å². The van der Waals surface area contributed by atoms with Gasteiger partial charge in [-0.25, -0.2) is 4.79 Å². The van der Waals surface area contributed by atoms with Gasteiger partial charge in [-0.3, -0.25) is 0 Å². The summed E-state index contributed by atoms with van der Waals surface area (Å²) >= 11 is 0. The number of aromatic nitrogens is 3. The Labute approximate surface area is 169 Å². The maximum Gasteiger partial charge on any atom is 0.416 e. The number of benzene rings is 2. The van der Waals surface area contributed by atoms with E-state index in [1.54, 1.807) is 25.1 Å². The van der Waals surface area contributed by atoms with Crippen molar-refractivity contribution < 1.29 is 32.2 Å². The minimum atomic E-state index is -4.46. The van der Waals surface area contributed by atoms with Gasteiger partial charge in [0.25, 0.3) is 0 Å². The van der Waals surface area contributed by atoms with E-state index >= 15 is 0 Å². The van der Waals surface area contributed by atoms with Crippen molar-refractivity contribution in [3.05, 3.63) is 59.3 Å². The van der Waals surface area contributed by atoms with E-state index in [9.17, 15) is 18.0 Å². The number of methoxy groups -OCH3 is 1. The van der Waals surface area contributed by atoms with Crippen molar-refractivity contribution in [2.75, 3.05) is 13.7 Å². The Balaban J connectivity index is 1.86. The minimum Gasteiger partial charge on any atom is -0.496 e. The largest absolute Gasteiger partial charge is 0.496 e. The van der Waals surface area contributed by atoms with Crippen LogP contribution in [0.3, 0.4) is 0 Å². The molecule has 3 aromatic rings. The van der Waals surface area contributed by atoms with Crippen LogP contribution in [-0.2, 0) is 17.5 Å². The van der Waals surface area contributed by atoms with Crippen LogP contribution in [0.15, 0.2) is 42.5 Å². The van der Waals surface area contributed by atoms with E-state index in [4.69, 9.17) is 14.2 Å². The molecule has 0 unspecified atom stereocenters. The van der Waals surface area contributed by atoms with Crippen LogP contribution in [0.2, 0.25) is 0 Å². The number of alkyl halides is 3. The Kier molecular flexibility index (Phi) is 6.24. The highest BCUT2D eigenvalue weighted by atomic mass is 19.4. The number of halogens is 3. The van der Waals surface area contributed by atoms with Crippen molar-refractivity contribution in [1.82, 2.24) is 15.4 Å². The van der Waals surface area contributed by atoms with Crippen LogP contribution in [0, 0.1) is 0 Å². The lowest BCUT2D eigenvalue weighted by Crippen LogP contribution is -2.07. The first-order valence-corrected chi connectivity index (χ1v) is 8.88. The predicted molar refractivity (Wildman–Crippen MR) is 100 cm³/mol. The van der Waals surface area contributed by atoms with Crippen molar-refractivity contribution in [2.24, 2.45) is 0 Å². The first kappa shape index (κ1) is 21.2. The van der Waals surface area contributed by atoms with Crippen molar-refractivity contribution in [1.29, 1.82) is 0 Å². The Morgan fingerprint density at radius 1 is 1.13 bits per heavy atom. The number of esters is 1. The normalized spacial score (nSPS) is 11.2. The quantitative estimate of drug-likeness (QED) is 0.574. The van der Waals surface area contributed by atoms with E-state index in [0.29, 0.717) is 16.9 Å². The summed E-state index contributed by atoms with van der Waals surface area (Å²) < 4.78 is 54.5. The molecule has 0 saturated carbocycles. The molecule has 0 spiro atoms. The van der Waals surface area contributed by atoms with Gasteiger partial charge in [0.05, 0.1) is 19.3 Å². The molecule has 0 aliphatic carbocycles. The zero-order valence-electron chi connectivity index (χ0n) is 16.1. The van der Waals surface area contributed by atoms with Gasteiger partial charge in [-0.15, -0.1) is 5.10 Å². The van der Waals surface area contributed by atoms with Crippen molar-refractivity contribution in [2.45, 2.75) is 19.7 Å². The zero-order valence-corrected chi connectivity index (χ0v) is 16.1. The van der Waals surface area contributed by atoms with E-state index < -0.39 is 17.7 Å². The molecule has 0 bridgehead atoms. The summed E-state index contributed by atoms with van der Waals surface area (Å²) in [7, 11) is 1.46. The molecule has 1 N–H and O–H groups in total. The topological polar surface area (TPSA) is 86.3 Å². The Hall–Kier alpha value is -3.56. The van der Waals surface area contributed by atoms with Gasteiger partial charge in [0.1, 0.15) is 23.8 Å². The van der Waals surface area contributed by atoms with Gasteiger partial charge in [-0.1, -0.05) is 6.07 Å². The van der Waals surface area contributed by atoms with E-state index in [2.05, 4.69) is 15.4 Å². The monoisotopic (exact) mass is 421 g/mol. The molecule has 30 heavy (non-hydrogen) atoms. The van der Waals surface area contributed by atoms with Crippen LogP contribution in [0.5, 0.6) is 11.5 Å². The lowest BCUT2D eigenvalue weighted by Gasteiger charge is -2.13. The minimum absolute atomic E-state index is 0.0202. The van der Waals surface area contributed by atoms with Crippen LogP contribution >= 0.6 is 0 Å². The lowest BCUT2D eigenvalue weighted by molar-refractivity contribution is -0.137. The van der Waals surface area contributed by atoms with Crippen LogP contribution in [0.1, 0.15) is 28.5 Å². The SMILES string of the molecule is CCOC(=O)c1n[nH]nc1-c1ccc(OC)c(COc2cccc(C(F)(F)F)c2)c1. The molecule has 0 amide bonds. The number of aromatic amines is 1. The Bertz CT molecular complexity index is 1030. The third kappa shape index (κ3) is 4.70. The van der Waals surface area contributed by atoms with Crippen LogP contribution in [0.4, 0.5) is 13.2 Å². The number of nitrogens with one attached hydrogen (secondary N) is 1. The second-order valence-corrected chi connectivity index (χ2v) is 6.08. The molecule has 0 aliphatic rings. The van der Waals surface area contributed by atoms with Gasteiger partial charge in [0.2, 0.25) is 0 Å². The average Bonchev–Trinajstić information content (AvgIpc) is 3.22. The summed E-state index contributed by atoms with van der Waals surface area (Å²) in [6.45, 7) is 1.79. The molecule has 0 atom stereocenters. The highest BCUT2D eigenvalue weighted by Gasteiger charge is 2.30. The van der Waals surface area contributed by atoms with Gasteiger partial charge in [-0.2, -0.15) is 23.5 Å². The van der Waals surface area contributed by atoms with Gasteiger partial charge in [0.15, 0.2) is 5.69 Å². The molecule has 1 heterocycles. The number of carbonyl (C=O) groups excluding carboxylic acids is 1. The fraction of sp³-hybridized carbons (Fsp3) is 0.250. The predicted octanol–water partition coefficient (Wildman–Crippen LogP) is 4.25. The van der Waals surface area contributed by atoms with Gasteiger partial charge >= 0.3 is 12.1 Å². The second kappa shape index (κ2) is 8.85. The molecule has 7 nitrogen and oxygen atoms in total. The molecular weight excluding hydrogens is 403 g/mol. The molecule has 158 valence electrons. The smallest absolute Gasteiger partial charge is 0.416 e. The highest BCUT2D eigenvalue weighted by Crippen LogP contribution is 2.32. The summed E-state index contributed by atoms with van der Waals surface area (Å²) in [6.07, 6.45) is -4.46. The maximum absolute atomic E-state index is 12.9. The number of rotatable bonds is 7. The lowest BCUT2D eigenvalue weighted by atomic mass is 10.1. The molecule has 3 rings (SSSR count). The van der Waals surface area contributed by atoms with E-state index in [1.807, 2.05) is 0 Å². The molecule has 0 fully saturated rings. The van der Waals surface area contributed by atoms with Crippen LogP contribution in [0.25, 0.3) is 11.3 Å². The van der Waals surface area contributed by atoms with Gasteiger partial charge in [-0.05, 0) is 43.3 Å². The summed E-state index contributed by atoms with van der Waals surface area (Å²) in [5, 5.41) is 10.2. The number of carbonyl (C=O) groups is 1. The summed E-state index contributed by atoms with van der Waals surface area (Å²) in [5.74, 6) is -0.100. The number of hydrogen-bond donors (Lipinski definition) is 1. The third-order valence-corrected chi connectivity index (χ3v) is 4.13. The Morgan fingerprint density at radius 3 is 2.63 bits per heavy atom. The van der Waals surface area contributed by atoms with Crippen molar-refractivity contribution in [3.8, 4) is 22.8 Å². The summed E-state index contributed by atoms with van der Waals surface area (Å²) in [6, 6.07) is 9.57. The molecule has 0 saturated heterocycles. The second-order valence-electron chi connectivity index (χ2n) is 6.08. The molecule has 0 aliphatic heterocycles. The summed E-state index contributed by atoms with van der Waals surface area (Å²) in [4.78, 5) is 12.0. The van der Waals surface area contributed by atoms with E-state index in [-0.39, 0.29) is 30.4 Å². The highest BCUT2D eigenvalue weighted by molar-refractivity contribution is 5.94. The number of H-pyrrole nitrogens is 1. The molecule has 0 radical (unpaired) electrons. The number of ether oxygens (including phenoxy) is 3. The third-order valence-electron chi connectivity index (χ3n) is 4.13. The van der Waals surface area contributed by atoms with E-state index in [0.717, 1.165) is 12.1 Å². The first-order chi connectivity index (χ1) is 14.3. The van der Waals surface area contributed by atoms with Gasteiger partial charge < -0.3 is 14.2 Å². The van der Waals surface area contributed by atoms with Crippen molar-refractivity contribution >= 4 is 5.97 Å². The summed E-state index contributed by atoms with van der Waals surface area (Å²) in [5.41, 5.74) is 0.575.